The minimum atomic E-state index is -0.223. The third kappa shape index (κ3) is 3.48. The van der Waals surface area contributed by atoms with Crippen molar-refractivity contribution in [2.24, 2.45) is 7.05 Å². The summed E-state index contributed by atoms with van der Waals surface area (Å²) in [6, 6.07) is 5.75. The molecule has 2 aromatic rings. The summed E-state index contributed by atoms with van der Waals surface area (Å²) in [6.07, 6.45) is 0. The first-order valence-corrected chi connectivity index (χ1v) is 7.84. The van der Waals surface area contributed by atoms with E-state index in [1.165, 1.54) is 4.90 Å². The van der Waals surface area contributed by atoms with Crippen LogP contribution in [0.3, 0.4) is 0 Å². The van der Waals surface area contributed by atoms with Crippen LogP contribution in [0.5, 0.6) is 0 Å². The summed E-state index contributed by atoms with van der Waals surface area (Å²) in [5.74, 6) is -0.423. The maximum atomic E-state index is 12.6. The number of anilines is 1. The molecule has 1 aromatic carbocycles. The summed E-state index contributed by atoms with van der Waals surface area (Å²) in [7, 11) is 3.42. The molecule has 0 unspecified atom stereocenters. The molecule has 2 rings (SSSR count). The molecule has 6 nitrogen and oxygen atoms in total. The number of carbonyl (C=O) groups is 2. The number of carbonyl (C=O) groups excluding carboxylic acids is 2. The van der Waals surface area contributed by atoms with E-state index in [0.29, 0.717) is 11.3 Å². The molecule has 0 aliphatic heterocycles. The second kappa shape index (κ2) is 6.86. The molecule has 0 atom stereocenters. The van der Waals surface area contributed by atoms with Gasteiger partial charge in [0.25, 0.3) is 5.91 Å². The van der Waals surface area contributed by atoms with E-state index in [1.807, 2.05) is 39.0 Å². The molecule has 2 amide bonds. The average molecular weight is 328 g/mol. The predicted octanol–water partition coefficient (Wildman–Crippen LogP) is 2.36. The van der Waals surface area contributed by atoms with Gasteiger partial charge in [-0.3, -0.25) is 14.3 Å². The third-order valence-corrected chi connectivity index (χ3v) is 4.33. The lowest BCUT2D eigenvalue weighted by atomic mass is 10.1. The number of hydrogen-bond acceptors (Lipinski definition) is 3. The molecule has 0 aliphatic rings. The SMILES string of the molecule is Cc1cccc(NC(=O)CN(C)C(=O)c2c(C)nn(C)c2C)c1C. The molecule has 0 fully saturated rings. The smallest absolute Gasteiger partial charge is 0.257 e. The molecule has 0 bridgehead atoms. The van der Waals surface area contributed by atoms with E-state index in [4.69, 9.17) is 0 Å². The second-order valence-electron chi connectivity index (χ2n) is 6.13. The van der Waals surface area contributed by atoms with Gasteiger partial charge in [-0.05, 0) is 44.9 Å². The Labute approximate surface area is 142 Å². The Morgan fingerprint density at radius 1 is 1.21 bits per heavy atom. The van der Waals surface area contributed by atoms with Crippen molar-refractivity contribution in [2.45, 2.75) is 27.7 Å². The number of aromatic nitrogens is 2. The van der Waals surface area contributed by atoms with E-state index in [9.17, 15) is 9.59 Å². The first-order valence-electron chi connectivity index (χ1n) is 7.84. The van der Waals surface area contributed by atoms with Gasteiger partial charge in [0.15, 0.2) is 0 Å². The molecule has 0 aliphatic carbocycles. The number of benzene rings is 1. The van der Waals surface area contributed by atoms with Gasteiger partial charge in [-0.1, -0.05) is 12.1 Å². The average Bonchev–Trinajstić information content (AvgIpc) is 2.76. The zero-order valence-electron chi connectivity index (χ0n) is 15.1. The van der Waals surface area contributed by atoms with Crippen LogP contribution in [0.1, 0.15) is 32.9 Å². The fourth-order valence-corrected chi connectivity index (χ4v) is 2.64. The van der Waals surface area contributed by atoms with Crippen molar-refractivity contribution in [3.05, 3.63) is 46.3 Å². The summed E-state index contributed by atoms with van der Waals surface area (Å²) < 4.78 is 1.67. The van der Waals surface area contributed by atoms with E-state index in [1.54, 1.807) is 25.7 Å². The van der Waals surface area contributed by atoms with Gasteiger partial charge in [0.05, 0.1) is 17.8 Å². The molecule has 24 heavy (non-hydrogen) atoms. The van der Waals surface area contributed by atoms with Gasteiger partial charge in [0, 0.05) is 25.5 Å². The number of likely N-dealkylation sites (N-methyl/N-ethyl adjacent to an activating group) is 1. The fraction of sp³-hybridized carbons (Fsp3) is 0.389. The molecule has 0 saturated heterocycles. The Morgan fingerprint density at radius 3 is 2.46 bits per heavy atom. The van der Waals surface area contributed by atoms with Crippen LogP contribution in [0.4, 0.5) is 5.69 Å². The Hall–Kier alpha value is -2.63. The molecule has 0 saturated carbocycles. The van der Waals surface area contributed by atoms with Crippen LogP contribution in [0, 0.1) is 27.7 Å². The summed E-state index contributed by atoms with van der Waals surface area (Å²) in [6.45, 7) is 7.58. The molecule has 1 heterocycles. The van der Waals surface area contributed by atoms with Crippen LogP contribution < -0.4 is 5.32 Å². The topological polar surface area (TPSA) is 67.2 Å². The van der Waals surface area contributed by atoms with Gasteiger partial charge in [0.2, 0.25) is 5.91 Å². The lowest BCUT2D eigenvalue weighted by Crippen LogP contribution is -2.35. The highest BCUT2D eigenvalue weighted by Gasteiger charge is 2.22. The highest BCUT2D eigenvalue weighted by atomic mass is 16.2. The number of nitrogens with zero attached hydrogens (tertiary/aromatic N) is 3. The molecule has 0 radical (unpaired) electrons. The Balaban J connectivity index is 2.08. The maximum Gasteiger partial charge on any atom is 0.257 e. The van der Waals surface area contributed by atoms with E-state index < -0.39 is 0 Å². The first kappa shape index (κ1) is 17.7. The van der Waals surface area contributed by atoms with Gasteiger partial charge in [-0.2, -0.15) is 5.10 Å². The second-order valence-corrected chi connectivity index (χ2v) is 6.13. The minimum absolute atomic E-state index is 0.0139. The molecule has 0 spiro atoms. The summed E-state index contributed by atoms with van der Waals surface area (Å²) >= 11 is 0. The number of aryl methyl sites for hydroxylation is 3. The summed E-state index contributed by atoms with van der Waals surface area (Å²) in [5, 5.41) is 7.12. The van der Waals surface area contributed by atoms with Crippen molar-refractivity contribution in [3.8, 4) is 0 Å². The van der Waals surface area contributed by atoms with Gasteiger partial charge in [-0.15, -0.1) is 0 Å². The van der Waals surface area contributed by atoms with Crippen molar-refractivity contribution >= 4 is 17.5 Å². The lowest BCUT2D eigenvalue weighted by molar-refractivity contribution is -0.116. The lowest BCUT2D eigenvalue weighted by Gasteiger charge is -2.18. The van der Waals surface area contributed by atoms with Crippen LogP contribution in [-0.2, 0) is 11.8 Å². The molecule has 1 N–H and O–H groups in total. The highest BCUT2D eigenvalue weighted by molar-refractivity contribution is 6.00. The maximum absolute atomic E-state index is 12.6. The predicted molar refractivity (Wildman–Crippen MR) is 94.2 cm³/mol. The molecular formula is C18H24N4O2. The van der Waals surface area contributed by atoms with Gasteiger partial charge in [-0.25, -0.2) is 0 Å². The molecule has 1 aromatic heterocycles. The number of amides is 2. The van der Waals surface area contributed by atoms with Gasteiger partial charge in [0.1, 0.15) is 0 Å². The van der Waals surface area contributed by atoms with Crippen LogP contribution in [0.15, 0.2) is 18.2 Å². The number of hydrogen-bond donors (Lipinski definition) is 1. The zero-order chi connectivity index (χ0) is 18.0. The van der Waals surface area contributed by atoms with Crippen LogP contribution in [0.2, 0.25) is 0 Å². The highest BCUT2D eigenvalue weighted by Crippen LogP contribution is 2.18. The van der Waals surface area contributed by atoms with Crippen LogP contribution in [-0.4, -0.2) is 40.1 Å². The van der Waals surface area contributed by atoms with Crippen molar-refractivity contribution in [1.82, 2.24) is 14.7 Å². The van der Waals surface area contributed by atoms with Crippen LogP contribution in [0.25, 0.3) is 0 Å². The Bertz CT molecular complexity index is 793. The summed E-state index contributed by atoms with van der Waals surface area (Å²) in [4.78, 5) is 26.3. The van der Waals surface area contributed by atoms with Gasteiger partial charge >= 0.3 is 0 Å². The normalized spacial score (nSPS) is 10.6. The van der Waals surface area contributed by atoms with E-state index >= 15 is 0 Å². The van der Waals surface area contributed by atoms with Gasteiger partial charge < -0.3 is 10.2 Å². The van der Waals surface area contributed by atoms with Crippen molar-refractivity contribution in [3.63, 3.8) is 0 Å². The number of nitrogens with one attached hydrogen (secondary N) is 1. The number of rotatable bonds is 4. The third-order valence-electron chi connectivity index (χ3n) is 4.33. The van der Waals surface area contributed by atoms with Crippen LogP contribution >= 0.6 is 0 Å². The molecule has 128 valence electrons. The fourth-order valence-electron chi connectivity index (χ4n) is 2.64. The van der Waals surface area contributed by atoms with Crippen molar-refractivity contribution < 1.29 is 9.59 Å². The molecular weight excluding hydrogens is 304 g/mol. The van der Waals surface area contributed by atoms with Crippen molar-refractivity contribution in [2.75, 3.05) is 18.9 Å². The Morgan fingerprint density at radius 2 is 1.88 bits per heavy atom. The van der Waals surface area contributed by atoms with E-state index in [2.05, 4.69) is 10.4 Å². The standard InChI is InChI=1S/C18H24N4O2/c1-11-8-7-9-15(12(11)2)19-16(23)10-21(5)18(24)17-13(3)20-22(6)14(17)4/h7-9H,10H2,1-6H3,(H,19,23). The van der Waals surface area contributed by atoms with E-state index in [0.717, 1.165) is 22.5 Å². The van der Waals surface area contributed by atoms with E-state index in [-0.39, 0.29) is 18.4 Å². The largest absolute Gasteiger partial charge is 0.332 e. The first-order chi connectivity index (χ1) is 11.2. The summed E-state index contributed by atoms with van der Waals surface area (Å²) in [5.41, 5.74) is 4.92. The molecule has 6 heteroatoms. The Kier molecular flexibility index (Phi) is 5.07. The monoisotopic (exact) mass is 328 g/mol. The zero-order valence-corrected chi connectivity index (χ0v) is 15.1. The minimum Gasteiger partial charge on any atom is -0.332 e. The quantitative estimate of drug-likeness (QED) is 0.937. The van der Waals surface area contributed by atoms with Crippen molar-refractivity contribution in [1.29, 1.82) is 0 Å².